The number of benzene rings is 2. The molecule has 0 radical (unpaired) electrons. The normalized spacial score (nSPS) is 11.3. The van der Waals surface area contributed by atoms with E-state index in [1.54, 1.807) is 31.2 Å². The summed E-state index contributed by atoms with van der Waals surface area (Å²) in [6.07, 6.45) is -3.09. The Hall–Kier alpha value is -3.75. The van der Waals surface area contributed by atoms with E-state index in [2.05, 4.69) is 20.6 Å². The molecular weight excluding hydrogens is 419 g/mol. The molecule has 0 saturated heterocycles. The molecule has 166 valence electrons. The fourth-order valence-electron chi connectivity index (χ4n) is 3.06. The molecule has 0 bridgehead atoms. The molecule has 0 saturated carbocycles. The molecule has 9 heteroatoms. The first kappa shape index (κ1) is 22.9. The third-order valence-electron chi connectivity index (χ3n) is 4.60. The summed E-state index contributed by atoms with van der Waals surface area (Å²) in [6, 6.07) is 10.8. The van der Waals surface area contributed by atoms with Crippen molar-refractivity contribution < 1.29 is 18.0 Å². The fraction of sp³-hybridized carbons (Fsp3) is 0.217. The summed E-state index contributed by atoms with van der Waals surface area (Å²) in [5.74, 6) is -0.103. The van der Waals surface area contributed by atoms with E-state index in [0.29, 0.717) is 28.3 Å². The van der Waals surface area contributed by atoms with Gasteiger partial charge < -0.3 is 10.6 Å². The summed E-state index contributed by atoms with van der Waals surface area (Å²) in [5, 5.41) is 14.4. The molecule has 1 aromatic heterocycles. The lowest BCUT2D eigenvalue weighted by Crippen LogP contribution is -2.17. The molecule has 0 atom stereocenters. The predicted molar refractivity (Wildman–Crippen MR) is 117 cm³/mol. The largest absolute Gasteiger partial charge is 0.416 e. The van der Waals surface area contributed by atoms with E-state index >= 15 is 0 Å². The molecule has 1 heterocycles. The SMILES string of the molecule is Cc1ncnc(NC(C)C)c1C(=N)c1ccc(NC(=O)c2cccc(C(F)(F)F)c2)cc1. The van der Waals surface area contributed by atoms with Crippen LogP contribution in [0.15, 0.2) is 54.9 Å². The minimum absolute atomic E-state index is 0.0990. The van der Waals surface area contributed by atoms with Crippen molar-refractivity contribution in [3.63, 3.8) is 0 Å². The van der Waals surface area contributed by atoms with Gasteiger partial charge in [-0.05, 0) is 51.1 Å². The molecule has 0 aliphatic carbocycles. The van der Waals surface area contributed by atoms with Crippen LogP contribution in [-0.4, -0.2) is 27.6 Å². The molecule has 0 aliphatic heterocycles. The summed E-state index contributed by atoms with van der Waals surface area (Å²) in [4.78, 5) is 20.8. The minimum atomic E-state index is -4.53. The van der Waals surface area contributed by atoms with Crippen LogP contribution in [0.3, 0.4) is 0 Å². The molecule has 32 heavy (non-hydrogen) atoms. The second-order valence-corrected chi connectivity index (χ2v) is 7.47. The first-order chi connectivity index (χ1) is 15.1. The van der Waals surface area contributed by atoms with Crippen molar-refractivity contribution >= 4 is 23.1 Å². The number of alkyl halides is 3. The van der Waals surface area contributed by atoms with Crippen LogP contribution >= 0.6 is 0 Å². The Bertz CT molecular complexity index is 1140. The first-order valence-electron chi connectivity index (χ1n) is 9.82. The highest BCUT2D eigenvalue weighted by molar-refractivity contribution is 6.14. The van der Waals surface area contributed by atoms with E-state index in [-0.39, 0.29) is 17.3 Å². The molecule has 3 N–H and O–H groups in total. The molecule has 0 fully saturated rings. The maximum atomic E-state index is 12.9. The van der Waals surface area contributed by atoms with Crippen molar-refractivity contribution in [2.24, 2.45) is 0 Å². The highest BCUT2D eigenvalue weighted by atomic mass is 19.4. The van der Waals surface area contributed by atoms with Crippen molar-refractivity contribution in [2.45, 2.75) is 33.0 Å². The second-order valence-electron chi connectivity index (χ2n) is 7.47. The Morgan fingerprint density at radius 3 is 2.34 bits per heavy atom. The maximum Gasteiger partial charge on any atom is 0.416 e. The number of nitrogens with zero attached hydrogens (tertiary/aromatic N) is 2. The zero-order valence-corrected chi connectivity index (χ0v) is 17.7. The van der Waals surface area contributed by atoms with Gasteiger partial charge in [0.1, 0.15) is 12.1 Å². The monoisotopic (exact) mass is 441 g/mol. The number of aryl methyl sites for hydroxylation is 1. The van der Waals surface area contributed by atoms with Crippen LogP contribution in [0.1, 0.15) is 46.6 Å². The number of amides is 1. The van der Waals surface area contributed by atoms with E-state index in [0.717, 1.165) is 12.1 Å². The average Bonchev–Trinajstić information content (AvgIpc) is 2.73. The standard InChI is InChI=1S/C23H22F3N5O/c1-13(2)30-21-19(14(3)28-12-29-21)20(27)15-7-9-18(10-8-15)31-22(32)16-5-4-6-17(11-16)23(24,25)26/h4-13,27H,1-3H3,(H,31,32)(H,28,29,30). The maximum absolute atomic E-state index is 12.9. The zero-order chi connectivity index (χ0) is 23.5. The van der Waals surface area contributed by atoms with Crippen LogP contribution in [-0.2, 0) is 6.18 Å². The van der Waals surface area contributed by atoms with Crippen molar-refractivity contribution in [1.29, 1.82) is 5.41 Å². The zero-order valence-electron chi connectivity index (χ0n) is 17.7. The van der Waals surface area contributed by atoms with Gasteiger partial charge in [0.2, 0.25) is 0 Å². The lowest BCUT2D eigenvalue weighted by Gasteiger charge is -2.16. The quantitative estimate of drug-likeness (QED) is 0.453. The Kier molecular flexibility index (Phi) is 6.57. The van der Waals surface area contributed by atoms with Crippen LogP contribution in [0.4, 0.5) is 24.7 Å². The van der Waals surface area contributed by atoms with E-state index in [1.807, 2.05) is 13.8 Å². The van der Waals surface area contributed by atoms with Gasteiger partial charge in [-0.3, -0.25) is 10.2 Å². The fourth-order valence-corrected chi connectivity index (χ4v) is 3.06. The van der Waals surface area contributed by atoms with E-state index in [1.165, 1.54) is 18.5 Å². The van der Waals surface area contributed by atoms with Crippen LogP contribution in [0.5, 0.6) is 0 Å². The van der Waals surface area contributed by atoms with Crippen LogP contribution in [0.2, 0.25) is 0 Å². The van der Waals surface area contributed by atoms with Crippen LogP contribution in [0, 0.1) is 12.3 Å². The van der Waals surface area contributed by atoms with E-state index in [9.17, 15) is 18.0 Å². The molecule has 0 unspecified atom stereocenters. The average molecular weight is 441 g/mol. The summed E-state index contributed by atoms with van der Waals surface area (Å²) in [7, 11) is 0. The lowest BCUT2D eigenvalue weighted by molar-refractivity contribution is -0.137. The summed E-state index contributed by atoms with van der Waals surface area (Å²) < 4.78 is 38.6. The van der Waals surface area contributed by atoms with E-state index < -0.39 is 17.6 Å². The Morgan fingerprint density at radius 2 is 1.72 bits per heavy atom. The second kappa shape index (κ2) is 9.17. The number of halogens is 3. The Morgan fingerprint density at radius 1 is 1.03 bits per heavy atom. The highest BCUT2D eigenvalue weighted by Crippen LogP contribution is 2.29. The number of hydrogen-bond donors (Lipinski definition) is 3. The van der Waals surface area contributed by atoms with Gasteiger partial charge in [-0.25, -0.2) is 9.97 Å². The summed E-state index contributed by atoms with van der Waals surface area (Å²) in [5.41, 5.74) is 1.41. The van der Waals surface area contributed by atoms with Crippen LogP contribution in [0.25, 0.3) is 0 Å². The van der Waals surface area contributed by atoms with Crippen molar-refractivity contribution in [1.82, 2.24) is 9.97 Å². The Labute approximate surface area is 183 Å². The van der Waals surface area contributed by atoms with Gasteiger partial charge >= 0.3 is 6.18 Å². The predicted octanol–water partition coefficient (Wildman–Crippen LogP) is 5.29. The molecule has 0 spiro atoms. The van der Waals surface area contributed by atoms with Gasteiger partial charge in [0.25, 0.3) is 5.91 Å². The third-order valence-corrected chi connectivity index (χ3v) is 4.60. The van der Waals surface area contributed by atoms with E-state index in [4.69, 9.17) is 5.41 Å². The van der Waals surface area contributed by atoms with Crippen molar-refractivity contribution in [3.8, 4) is 0 Å². The van der Waals surface area contributed by atoms with Gasteiger partial charge in [-0.15, -0.1) is 0 Å². The molecular formula is C23H22F3N5O. The number of anilines is 2. The number of aromatic nitrogens is 2. The molecule has 0 aliphatic rings. The number of rotatable bonds is 6. The summed E-state index contributed by atoms with van der Waals surface area (Å²) >= 11 is 0. The molecule has 1 amide bonds. The Balaban J connectivity index is 1.79. The number of carbonyl (C=O) groups is 1. The van der Waals surface area contributed by atoms with Gasteiger partial charge in [-0.1, -0.05) is 18.2 Å². The van der Waals surface area contributed by atoms with Crippen LogP contribution < -0.4 is 10.6 Å². The summed E-state index contributed by atoms with van der Waals surface area (Å²) in [6.45, 7) is 5.72. The number of nitrogens with one attached hydrogen (secondary N) is 3. The first-order valence-corrected chi connectivity index (χ1v) is 9.82. The van der Waals surface area contributed by atoms with Gasteiger partial charge in [0.05, 0.1) is 22.5 Å². The third kappa shape index (κ3) is 5.29. The van der Waals surface area contributed by atoms with Gasteiger partial charge in [0.15, 0.2) is 0 Å². The molecule has 3 aromatic rings. The smallest absolute Gasteiger partial charge is 0.367 e. The number of hydrogen-bond acceptors (Lipinski definition) is 5. The topological polar surface area (TPSA) is 90.8 Å². The lowest BCUT2D eigenvalue weighted by atomic mass is 10.0. The molecule has 2 aromatic carbocycles. The highest BCUT2D eigenvalue weighted by Gasteiger charge is 2.30. The van der Waals surface area contributed by atoms with Gasteiger partial charge in [0, 0.05) is 22.9 Å². The van der Waals surface area contributed by atoms with Crippen molar-refractivity contribution in [2.75, 3.05) is 10.6 Å². The minimum Gasteiger partial charge on any atom is -0.367 e. The molecule has 3 rings (SSSR count). The van der Waals surface area contributed by atoms with Crippen molar-refractivity contribution in [3.05, 3.63) is 82.8 Å². The van der Waals surface area contributed by atoms with Gasteiger partial charge in [-0.2, -0.15) is 13.2 Å². The molecule has 6 nitrogen and oxygen atoms in total. The number of carbonyl (C=O) groups excluding carboxylic acids is 1.